The number of aliphatic hydroxyl groups is 1. The van der Waals surface area contributed by atoms with E-state index < -0.39 is 36.3 Å². The Hall–Kier alpha value is -2.61. The molecule has 0 aromatic heterocycles. The Bertz CT molecular complexity index is 835. The molecule has 8 heteroatoms. The molecule has 1 aromatic carbocycles. The largest absolute Gasteiger partial charge is 0.444 e. The molecule has 2 unspecified atom stereocenters. The molecule has 36 heavy (non-hydrogen) atoms. The van der Waals surface area contributed by atoms with E-state index in [-0.39, 0.29) is 11.9 Å². The molecule has 0 aliphatic carbocycles. The minimum Gasteiger partial charge on any atom is -0.444 e. The van der Waals surface area contributed by atoms with E-state index in [1.54, 1.807) is 20.8 Å². The Morgan fingerprint density at radius 3 is 2.17 bits per heavy atom. The third-order valence-electron chi connectivity index (χ3n) is 5.68. The number of alkyl carbamates (subject to hydrolysis) is 1. The van der Waals surface area contributed by atoms with E-state index in [4.69, 9.17) is 4.74 Å². The lowest BCUT2D eigenvalue weighted by molar-refractivity contribution is -0.143. The monoisotopic (exact) mass is 505 g/mol. The zero-order valence-corrected chi connectivity index (χ0v) is 23.2. The van der Waals surface area contributed by atoms with Gasteiger partial charge in [0.05, 0.1) is 6.61 Å². The molecule has 3 amide bonds. The molecule has 0 aliphatic heterocycles. The van der Waals surface area contributed by atoms with Crippen molar-refractivity contribution in [1.82, 2.24) is 15.5 Å². The first-order chi connectivity index (χ1) is 16.9. The Morgan fingerprint density at radius 2 is 1.61 bits per heavy atom. The fraction of sp³-hybridized carbons (Fsp3) is 0.679. The van der Waals surface area contributed by atoms with Gasteiger partial charge >= 0.3 is 6.09 Å². The number of nitrogens with one attached hydrogen (secondary N) is 2. The Kier molecular flexibility index (Phi) is 13.5. The molecule has 0 saturated heterocycles. The van der Waals surface area contributed by atoms with E-state index in [0.29, 0.717) is 18.5 Å². The second kappa shape index (κ2) is 15.5. The van der Waals surface area contributed by atoms with Crippen LogP contribution in [0, 0.1) is 6.92 Å². The van der Waals surface area contributed by atoms with Crippen LogP contribution in [0.15, 0.2) is 24.3 Å². The van der Waals surface area contributed by atoms with Gasteiger partial charge in [-0.3, -0.25) is 9.59 Å². The molecule has 3 N–H and O–H groups in total. The van der Waals surface area contributed by atoms with Crippen molar-refractivity contribution in [1.29, 1.82) is 0 Å². The maximum Gasteiger partial charge on any atom is 0.408 e. The predicted molar refractivity (Wildman–Crippen MR) is 143 cm³/mol. The lowest BCUT2D eigenvalue weighted by atomic mass is 9.97. The summed E-state index contributed by atoms with van der Waals surface area (Å²) in [5.74, 6) is -0.823. The molecule has 8 nitrogen and oxygen atoms in total. The molecule has 0 bridgehead atoms. The Morgan fingerprint density at radius 1 is 1.00 bits per heavy atom. The van der Waals surface area contributed by atoms with Crippen molar-refractivity contribution in [2.45, 2.75) is 111 Å². The molecule has 204 valence electrons. The van der Waals surface area contributed by atoms with Crippen LogP contribution >= 0.6 is 0 Å². The first-order valence-electron chi connectivity index (χ1n) is 13.2. The van der Waals surface area contributed by atoms with Crippen LogP contribution in [-0.4, -0.2) is 58.8 Å². The minimum atomic E-state index is -1.24. The molecule has 0 saturated carbocycles. The molecule has 1 aromatic rings. The number of ether oxygens (including phenoxy) is 1. The van der Waals surface area contributed by atoms with Gasteiger partial charge in [0.25, 0.3) is 0 Å². The number of amides is 3. The van der Waals surface area contributed by atoms with Gasteiger partial charge in [-0.15, -0.1) is 0 Å². The van der Waals surface area contributed by atoms with Crippen LogP contribution in [0.3, 0.4) is 0 Å². The highest BCUT2D eigenvalue weighted by Crippen LogP contribution is 2.26. The summed E-state index contributed by atoms with van der Waals surface area (Å²) >= 11 is 0. The number of nitrogens with zero attached hydrogens (tertiary/aromatic N) is 1. The van der Waals surface area contributed by atoms with Crippen molar-refractivity contribution < 1.29 is 24.2 Å². The van der Waals surface area contributed by atoms with Crippen molar-refractivity contribution in [3.8, 4) is 0 Å². The Labute approximate surface area is 217 Å². The molecular weight excluding hydrogens is 458 g/mol. The third-order valence-corrected chi connectivity index (χ3v) is 5.68. The summed E-state index contributed by atoms with van der Waals surface area (Å²) in [6, 6.07) is 5.22. The first-order valence-corrected chi connectivity index (χ1v) is 13.2. The second-order valence-corrected chi connectivity index (χ2v) is 10.6. The van der Waals surface area contributed by atoms with E-state index in [1.165, 1.54) is 4.90 Å². The average Bonchev–Trinajstić information content (AvgIpc) is 2.77. The van der Waals surface area contributed by atoms with Crippen LogP contribution in [0.25, 0.3) is 0 Å². The van der Waals surface area contributed by atoms with Gasteiger partial charge in [0.1, 0.15) is 17.7 Å². The van der Waals surface area contributed by atoms with Crippen molar-refractivity contribution in [3.05, 3.63) is 35.4 Å². The quantitative estimate of drug-likeness (QED) is 0.319. The second-order valence-electron chi connectivity index (χ2n) is 10.6. The molecule has 0 radical (unpaired) electrons. The molecule has 0 fully saturated rings. The smallest absolute Gasteiger partial charge is 0.408 e. The molecule has 1 rings (SSSR count). The van der Waals surface area contributed by atoms with Crippen molar-refractivity contribution in [3.63, 3.8) is 0 Å². The number of rotatable bonds is 14. The zero-order valence-electron chi connectivity index (χ0n) is 23.2. The fourth-order valence-electron chi connectivity index (χ4n) is 3.97. The number of carbonyl (C=O) groups excluding carboxylic acids is 3. The summed E-state index contributed by atoms with van der Waals surface area (Å²) in [7, 11) is 0. The van der Waals surface area contributed by atoms with Gasteiger partial charge in [0.15, 0.2) is 0 Å². The highest BCUT2D eigenvalue weighted by atomic mass is 16.6. The summed E-state index contributed by atoms with van der Waals surface area (Å²) in [6.45, 7) is 12.7. The van der Waals surface area contributed by atoms with Gasteiger partial charge in [-0.05, 0) is 59.1 Å². The van der Waals surface area contributed by atoms with E-state index in [1.807, 2.05) is 45.0 Å². The van der Waals surface area contributed by atoms with E-state index in [9.17, 15) is 19.5 Å². The summed E-state index contributed by atoms with van der Waals surface area (Å²) < 4.78 is 5.29. The van der Waals surface area contributed by atoms with Gasteiger partial charge < -0.3 is 25.4 Å². The topological polar surface area (TPSA) is 108 Å². The van der Waals surface area contributed by atoms with E-state index in [0.717, 1.165) is 37.7 Å². The standard InChI is InChI=1S/C28H47N3O5/c1-8-9-10-11-12-15-18-31(26(34)23(19-32)30-27(35)36-28(5,6)7)24(25(33)29-20(2)3)22-17-14-13-16-21(22)4/h13-14,16-17,20,23-24,32H,8-12,15,18-19H2,1-7H3,(H,29,33)(H,30,35). The number of carbonyl (C=O) groups is 3. The lowest BCUT2D eigenvalue weighted by Crippen LogP contribution is -2.55. The molecular formula is C28H47N3O5. The minimum absolute atomic E-state index is 0.122. The van der Waals surface area contributed by atoms with Gasteiger partial charge in [-0.1, -0.05) is 63.3 Å². The van der Waals surface area contributed by atoms with Gasteiger partial charge in [-0.25, -0.2) is 4.79 Å². The summed E-state index contributed by atoms with van der Waals surface area (Å²) in [5.41, 5.74) is 0.832. The molecule has 0 heterocycles. The molecule has 2 atom stereocenters. The summed E-state index contributed by atoms with van der Waals surface area (Å²) in [4.78, 5) is 41.1. The number of benzene rings is 1. The SMILES string of the molecule is CCCCCCCCN(C(=O)C(CO)NC(=O)OC(C)(C)C)C(C(=O)NC(C)C)c1ccccc1C. The molecule has 0 aliphatic rings. The predicted octanol–water partition coefficient (Wildman–Crippen LogP) is 4.64. The van der Waals surface area contributed by atoms with E-state index in [2.05, 4.69) is 17.6 Å². The van der Waals surface area contributed by atoms with Crippen LogP contribution in [0.2, 0.25) is 0 Å². The highest BCUT2D eigenvalue weighted by Gasteiger charge is 2.36. The Balaban J connectivity index is 3.32. The lowest BCUT2D eigenvalue weighted by Gasteiger charge is -2.35. The van der Waals surface area contributed by atoms with Crippen molar-refractivity contribution >= 4 is 17.9 Å². The van der Waals surface area contributed by atoms with Crippen molar-refractivity contribution in [2.75, 3.05) is 13.2 Å². The van der Waals surface area contributed by atoms with Gasteiger partial charge in [0.2, 0.25) is 11.8 Å². The van der Waals surface area contributed by atoms with Crippen LogP contribution < -0.4 is 10.6 Å². The van der Waals surface area contributed by atoms with Gasteiger partial charge in [-0.2, -0.15) is 0 Å². The van der Waals surface area contributed by atoms with Crippen LogP contribution in [-0.2, 0) is 14.3 Å². The fourth-order valence-corrected chi connectivity index (χ4v) is 3.97. The number of aryl methyl sites for hydroxylation is 1. The number of hydrogen-bond acceptors (Lipinski definition) is 5. The summed E-state index contributed by atoms with van der Waals surface area (Å²) in [5, 5.41) is 15.5. The zero-order chi connectivity index (χ0) is 27.3. The normalized spacial score (nSPS) is 13.1. The molecule has 0 spiro atoms. The van der Waals surface area contributed by atoms with Gasteiger partial charge in [0, 0.05) is 12.6 Å². The van der Waals surface area contributed by atoms with Crippen LogP contribution in [0.4, 0.5) is 4.79 Å². The number of aliphatic hydroxyl groups excluding tert-OH is 1. The maximum absolute atomic E-state index is 13.8. The third kappa shape index (κ3) is 11.0. The maximum atomic E-state index is 13.8. The van der Waals surface area contributed by atoms with Crippen LogP contribution in [0.1, 0.15) is 97.2 Å². The average molecular weight is 506 g/mol. The first kappa shape index (κ1) is 31.4. The van der Waals surface area contributed by atoms with Crippen molar-refractivity contribution in [2.24, 2.45) is 0 Å². The number of hydrogen-bond donors (Lipinski definition) is 3. The highest BCUT2D eigenvalue weighted by molar-refractivity contribution is 5.92. The number of unbranched alkanes of at least 4 members (excludes halogenated alkanes) is 5. The van der Waals surface area contributed by atoms with Crippen LogP contribution in [0.5, 0.6) is 0 Å². The summed E-state index contributed by atoms with van der Waals surface area (Å²) in [6.07, 6.45) is 5.30. The van der Waals surface area contributed by atoms with E-state index >= 15 is 0 Å².